The molecule has 0 radical (unpaired) electrons. The molecule has 0 fully saturated rings. The molecule has 0 unspecified atom stereocenters. The summed E-state index contributed by atoms with van der Waals surface area (Å²) in [4.78, 5) is 0. The van der Waals surface area contributed by atoms with Crippen LogP contribution >= 0.6 is 0 Å². The molecule has 1 aromatic carbocycles. The van der Waals surface area contributed by atoms with Crippen molar-refractivity contribution in [2.24, 2.45) is 0 Å². The second-order valence-electron chi connectivity index (χ2n) is 5.31. The van der Waals surface area contributed by atoms with Gasteiger partial charge in [0.05, 0.1) is 0 Å². The fourth-order valence-electron chi connectivity index (χ4n) is 2.67. The summed E-state index contributed by atoms with van der Waals surface area (Å²) in [6, 6.07) is 5.17. The van der Waals surface area contributed by atoms with Crippen LogP contribution in [0.5, 0.6) is 0 Å². The highest BCUT2D eigenvalue weighted by atomic mass is 19.1. The van der Waals surface area contributed by atoms with Gasteiger partial charge in [-0.15, -0.1) is 0 Å². The van der Waals surface area contributed by atoms with Gasteiger partial charge in [0.1, 0.15) is 5.82 Å². The minimum absolute atomic E-state index is 0.106. The van der Waals surface area contributed by atoms with Crippen molar-refractivity contribution in [2.45, 2.75) is 58.3 Å². The molecular weight excluding hydrogens is 223 g/mol. The molecule has 0 N–H and O–H groups in total. The number of unbranched alkanes of at least 4 members (excludes halogenated alkanes) is 4. The van der Waals surface area contributed by atoms with Gasteiger partial charge in [-0.05, 0) is 48.9 Å². The van der Waals surface area contributed by atoms with E-state index < -0.39 is 0 Å². The summed E-state index contributed by atoms with van der Waals surface area (Å²) in [6.07, 6.45) is 12.3. The van der Waals surface area contributed by atoms with E-state index in [2.05, 4.69) is 13.0 Å². The first-order chi connectivity index (χ1) is 8.79. The zero-order chi connectivity index (χ0) is 12.8. The number of hydrogen-bond donors (Lipinski definition) is 0. The molecule has 1 aliphatic rings. The molecule has 0 aromatic heterocycles. The zero-order valence-electron chi connectivity index (χ0n) is 11.3. The Morgan fingerprint density at radius 3 is 2.72 bits per heavy atom. The first-order valence-corrected chi connectivity index (χ1v) is 7.27. The Morgan fingerprint density at radius 2 is 1.89 bits per heavy atom. The first-order valence-electron chi connectivity index (χ1n) is 7.27. The summed E-state index contributed by atoms with van der Waals surface area (Å²) in [6.45, 7) is 2.25. The second kappa shape index (κ2) is 6.72. The molecule has 0 nitrogen and oxygen atoms in total. The molecule has 0 bridgehead atoms. The van der Waals surface area contributed by atoms with Crippen molar-refractivity contribution in [2.75, 3.05) is 0 Å². The van der Waals surface area contributed by atoms with E-state index in [0.717, 1.165) is 12.8 Å². The molecule has 2 rings (SSSR count). The smallest absolute Gasteiger partial charge is 0.123 e. The van der Waals surface area contributed by atoms with E-state index in [4.69, 9.17) is 0 Å². The predicted molar refractivity (Wildman–Crippen MR) is 76.1 cm³/mol. The van der Waals surface area contributed by atoms with Crippen LogP contribution < -0.4 is 0 Å². The highest BCUT2D eigenvalue weighted by Crippen LogP contribution is 2.27. The Bertz CT molecular complexity index is 418. The van der Waals surface area contributed by atoms with E-state index in [1.54, 1.807) is 17.7 Å². The second-order valence-corrected chi connectivity index (χ2v) is 5.31. The highest BCUT2D eigenvalue weighted by Gasteiger charge is 2.10. The third-order valence-corrected chi connectivity index (χ3v) is 3.78. The Hall–Kier alpha value is -1.11. The average molecular weight is 246 g/mol. The quantitative estimate of drug-likeness (QED) is 0.580. The summed E-state index contributed by atoms with van der Waals surface area (Å²) < 4.78 is 13.1. The van der Waals surface area contributed by atoms with Crippen LogP contribution in [0.3, 0.4) is 0 Å². The van der Waals surface area contributed by atoms with Crippen LogP contribution in [-0.2, 0) is 6.42 Å². The van der Waals surface area contributed by atoms with Gasteiger partial charge in [0.2, 0.25) is 0 Å². The Balaban J connectivity index is 1.86. The average Bonchev–Trinajstić information content (AvgIpc) is 2.38. The first kappa shape index (κ1) is 13.3. The molecule has 98 valence electrons. The molecule has 0 amide bonds. The summed E-state index contributed by atoms with van der Waals surface area (Å²) in [5.74, 6) is -0.106. The van der Waals surface area contributed by atoms with Gasteiger partial charge < -0.3 is 0 Å². The van der Waals surface area contributed by atoms with Gasteiger partial charge in [0.25, 0.3) is 0 Å². The van der Waals surface area contributed by atoms with Crippen molar-refractivity contribution in [3.05, 3.63) is 40.7 Å². The van der Waals surface area contributed by atoms with E-state index >= 15 is 0 Å². The zero-order valence-corrected chi connectivity index (χ0v) is 11.3. The molecule has 0 saturated carbocycles. The maximum atomic E-state index is 13.1. The van der Waals surface area contributed by atoms with E-state index in [0.29, 0.717) is 0 Å². The third kappa shape index (κ3) is 3.69. The SMILES string of the molecule is CCCCCCCC1=Cc2ccc(F)cc2CC1. The lowest BCUT2D eigenvalue weighted by molar-refractivity contribution is 0.618. The summed E-state index contributed by atoms with van der Waals surface area (Å²) in [7, 11) is 0. The normalized spacial score (nSPS) is 14.2. The van der Waals surface area contributed by atoms with E-state index in [-0.39, 0.29) is 5.82 Å². The Morgan fingerprint density at radius 1 is 1.06 bits per heavy atom. The van der Waals surface area contributed by atoms with Crippen molar-refractivity contribution in [1.82, 2.24) is 0 Å². The monoisotopic (exact) mass is 246 g/mol. The van der Waals surface area contributed by atoms with Gasteiger partial charge in [-0.2, -0.15) is 0 Å². The lowest BCUT2D eigenvalue weighted by atomic mass is 9.89. The van der Waals surface area contributed by atoms with Crippen LogP contribution in [0.25, 0.3) is 6.08 Å². The van der Waals surface area contributed by atoms with Crippen LogP contribution in [0.1, 0.15) is 63.0 Å². The van der Waals surface area contributed by atoms with Gasteiger partial charge in [-0.1, -0.05) is 50.3 Å². The predicted octanol–water partition coefficient (Wildman–Crippen LogP) is 5.52. The number of benzene rings is 1. The standard InChI is InChI=1S/C17H23F/c1-2-3-4-5-6-7-14-8-9-16-13-17(18)11-10-15(16)12-14/h10-13H,2-9H2,1H3. The Kier molecular flexibility index (Phi) is 4.98. The third-order valence-electron chi connectivity index (χ3n) is 3.78. The molecule has 1 aromatic rings. The summed E-state index contributed by atoms with van der Waals surface area (Å²) in [5, 5.41) is 0. The number of fused-ring (bicyclic) bond motifs is 1. The van der Waals surface area contributed by atoms with Crippen LogP contribution in [0, 0.1) is 5.82 Å². The number of aryl methyl sites for hydroxylation is 1. The lowest BCUT2D eigenvalue weighted by Gasteiger charge is -2.16. The van der Waals surface area contributed by atoms with E-state index in [9.17, 15) is 4.39 Å². The van der Waals surface area contributed by atoms with Crippen molar-refractivity contribution in [1.29, 1.82) is 0 Å². The van der Waals surface area contributed by atoms with Crippen LogP contribution in [0.15, 0.2) is 23.8 Å². The maximum absolute atomic E-state index is 13.1. The van der Waals surface area contributed by atoms with Crippen molar-refractivity contribution >= 4 is 6.08 Å². The number of allylic oxidation sites excluding steroid dienone is 1. The summed E-state index contributed by atoms with van der Waals surface area (Å²) in [5.41, 5.74) is 3.95. The van der Waals surface area contributed by atoms with E-state index in [1.165, 1.54) is 49.7 Å². The highest BCUT2D eigenvalue weighted by molar-refractivity contribution is 5.59. The van der Waals surface area contributed by atoms with Gasteiger partial charge in [0, 0.05) is 0 Å². The molecule has 0 aliphatic heterocycles. The Labute approximate surface area is 110 Å². The number of halogens is 1. The molecular formula is C17H23F. The molecule has 0 heterocycles. The largest absolute Gasteiger partial charge is 0.207 e. The molecule has 1 heteroatoms. The van der Waals surface area contributed by atoms with Crippen molar-refractivity contribution in [3.8, 4) is 0 Å². The van der Waals surface area contributed by atoms with Crippen LogP contribution in [-0.4, -0.2) is 0 Å². The van der Waals surface area contributed by atoms with Gasteiger partial charge >= 0.3 is 0 Å². The maximum Gasteiger partial charge on any atom is 0.123 e. The molecule has 0 atom stereocenters. The van der Waals surface area contributed by atoms with Crippen LogP contribution in [0.2, 0.25) is 0 Å². The van der Waals surface area contributed by atoms with Crippen molar-refractivity contribution in [3.63, 3.8) is 0 Å². The number of hydrogen-bond acceptors (Lipinski definition) is 0. The fourth-order valence-corrected chi connectivity index (χ4v) is 2.67. The van der Waals surface area contributed by atoms with Gasteiger partial charge in [-0.25, -0.2) is 4.39 Å². The van der Waals surface area contributed by atoms with Crippen molar-refractivity contribution < 1.29 is 4.39 Å². The fraction of sp³-hybridized carbons (Fsp3) is 0.529. The van der Waals surface area contributed by atoms with Gasteiger partial charge in [-0.3, -0.25) is 0 Å². The minimum atomic E-state index is -0.106. The topological polar surface area (TPSA) is 0 Å². The molecule has 0 spiro atoms. The molecule has 1 aliphatic carbocycles. The summed E-state index contributed by atoms with van der Waals surface area (Å²) >= 11 is 0. The van der Waals surface area contributed by atoms with E-state index in [1.807, 2.05) is 6.07 Å². The molecule has 18 heavy (non-hydrogen) atoms. The van der Waals surface area contributed by atoms with Crippen LogP contribution in [0.4, 0.5) is 4.39 Å². The minimum Gasteiger partial charge on any atom is -0.207 e. The lowest BCUT2D eigenvalue weighted by Crippen LogP contribution is -2.00. The number of rotatable bonds is 6. The van der Waals surface area contributed by atoms with Gasteiger partial charge in [0.15, 0.2) is 0 Å². The molecule has 0 saturated heterocycles.